The van der Waals surface area contributed by atoms with E-state index in [-0.39, 0.29) is 19.1 Å². The van der Waals surface area contributed by atoms with Gasteiger partial charge in [-0.25, -0.2) is 4.98 Å². The van der Waals surface area contributed by atoms with Crippen LogP contribution in [0.3, 0.4) is 0 Å². The maximum atomic E-state index is 12.5. The Kier molecular flexibility index (Phi) is 6.16. The molecular formula is C21H26N2O5. The summed E-state index contributed by atoms with van der Waals surface area (Å²) in [7, 11) is 1.57. The number of aliphatic hydroxyl groups is 2. The Morgan fingerprint density at radius 1 is 1.18 bits per heavy atom. The molecule has 1 aromatic heterocycles. The number of pyridine rings is 1. The van der Waals surface area contributed by atoms with E-state index in [9.17, 15) is 15.0 Å². The van der Waals surface area contributed by atoms with E-state index in [0.717, 1.165) is 5.69 Å². The third-order valence-corrected chi connectivity index (χ3v) is 5.09. The fourth-order valence-electron chi connectivity index (χ4n) is 3.49. The van der Waals surface area contributed by atoms with E-state index >= 15 is 0 Å². The van der Waals surface area contributed by atoms with Crippen molar-refractivity contribution in [2.45, 2.75) is 32.0 Å². The highest BCUT2D eigenvalue weighted by Crippen LogP contribution is 2.38. The minimum atomic E-state index is -0.841. The molecule has 3 N–H and O–H groups in total. The Balaban J connectivity index is 1.66. The molecule has 0 bridgehead atoms. The second-order valence-electron chi connectivity index (χ2n) is 7.36. The van der Waals surface area contributed by atoms with E-state index < -0.39 is 17.6 Å². The van der Waals surface area contributed by atoms with E-state index in [2.05, 4.69) is 10.3 Å². The number of methoxy groups -OCH3 is 1. The van der Waals surface area contributed by atoms with Crippen molar-refractivity contribution >= 4 is 5.91 Å². The molecule has 1 amide bonds. The second-order valence-corrected chi connectivity index (χ2v) is 7.36. The summed E-state index contributed by atoms with van der Waals surface area (Å²) in [6.45, 7) is 2.39. The lowest BCUT2D eigenvalue weighted by molar-refractivity contribution is 0.0438. The van der Waals surface area contributed by atoms with E-state index in [0.29, 0.717) is 30.0 Å². The lowest BCUT2D eigenvalue weighted by atomic mass is 9.86. The van der Waals surface area contributed by atoms with Crippen molar-refractivity contribution in [1.29, 1.82) is 0 Å². The first-order chi connectivity index (χ1) is 13.4. The minimum Gasteiger partial charge on any atom is -0.497 e. The fourth-order valence-corrected chi connectivity index (χ4v) is 3.49. The first-order valence-corrected chi connectivity index (χ1v) is 9.26. The van der Waals surface area contributed by atoms with Crippen molar-refractivity contribution in [2.24, 2.45) is 5.41 Å². The van der Waals surface area contributed by atoms with Crippen LogP contribution in [-0.4, -0.2) is 53.6 Å². The summed E-state index contributed by atoms with van der Waals surface area (Å²) in [6.07, 6.45) is -1.01. The molecule has 2 unspecified atom stereocenters. The van der Waals surface area contributed by atoms with Crippen LogP contribution < -0.4 is 14.8 Å². The zero-order valence-electron chi connectivity index (χ0n) is 16.1. The molecule has 1 heterocycles. The number of aryl methyl sites for hydroxylation is 1. The molecule has 2 atom stereocenters. The van der Waals surface area contributed by atoms with Crippen LogP contribution in [0.5, 0.6) is 11.6 Å². The highest BCUT2D eigenvalue weighted by atomic mass is 16.5. The van der Waals surface area contributed by atoms with Gasteiger partial charge in [-0.2, -0.15) is 0 Å². The number of nitrogens with one attached hydrogen (secondary N) is 1. The van der Waals surface area contributed by atoms with Crippen LogP contribution in [0.25, 0.3) is 0 Å². The van der Waals surface area contributed by atoms with Gasteiger partial charge in [-0.3, -0.25) is 4.79 Å². The van der Waals surface area contributed by atoms with Gasteiger partial charge in [0.2, 0.25) is 5.88 Å². The number of hydrogen-bond donors (Lipinski definition) is 3. The molecule has 1 fully saturated rings. The molecule has 7 nitrogen and oxygen atoms in total. The number of carbonyl (C=O) groups is 1. The molecule has 28 heavy (non-hydrogen) atoms. The monoisotopic (exact) mass is 386 g/mol. The Morgan fingerprint density at radius 3 is 2.46 bits per heavy atom. The molecule has 0 spiro atoms. The largest absolute Gasteiger partial charge is 0.497 e. The summed E-state index contributed by atoms with van der Waals surface area (Å²) in [6, 6.07) is 12.3. The summed E-state index contributed by atoms with van der Waals surface area (Å²) in [5, 5.41) is 23.0. The van der Waals surface area contributed by atoms with Gasteiger partial charge in [0.15, 0.2) is 0 Å². The van der Waals surface area contributed by atoms with E-state index in [1.54, 1.807) is 37.4 Å². The van der Waals surface area contributed by atoms with Gasteiger partial charge in [0, 0.05) is 29.3 Å². The lowest BCUT2D eigenvalue weighted by Gasteiger charge is -2.29. The van der Waals surface area contributed by atoms with Gasteiger partial charge < -0.3 is 25.0 Å². The number of amides is 1. The number of nitrogens with zero attached hydrogens (tertiary/aromatic N) is 1. The standard InChI is InChI=1S/C21H26N2O5/c1-14-4-3-5-19(23-14)28-13-21(10-17(24)18(25)11-21)12-22-20(26)15-6-8-16(27-2)9-7-15/h3-9,17-18,24-25H,10-13H2,1-2H3,(H,22,26). The van der Waals surface area contributed by atoms with E-state index in [1.807, 2.05) is 19.1 Å². The molecule has 7 heteroatoms. The van der Waals surface area contributed by atoms with Crippen LogP contribution in [0.2, 0.25) is 0 Å². The fraction of sp³-hybridized carbons (Fsp3) is 0.429. The molecule has 1 aliphatic rings. The van der Waals surface area contributed by atoms with Crippen LogP contribution >= 0.6 is 0 Å². The molecule has 3 rings (SSSR count). The van der Waals surface area contributed by atoms with Crippen LogP contribution in [-0.2, 0) is 0 Å². The highest BCUT2D eigenvalue weighted by Gasteiger charge is 2.45. The molecule has 1 saturated carbocycles. The highest BCUT2D eigenvalue weighted by molar-refractivity contribution is 5.94. The molecule has 1 aliphatic carbocycles. The van der Waals surface area contributed by atoms with Gasteiger partial charge in [-0.05, 0) is 50.1 Å². The number of ether oxygens (including phenoxy) is 2. The maximum Gasteiger partial charge on any atom is 0.251 e. The quantitative estimate of drug-likeness (QED) is 0.670. The molecule has 1 aromatic carbocycles. The smallest absolute Gasteiger partial charge is 0.251 e. The number of carbonyl (C=O) groups excluding carboxylic acids is 1. The number of hydrogen-bond acceptors (Lipinski definition) is 6. The van der Waals surface area contributed by atoms with Gasteiger partial charge in [0.25, 0.3) is 5.91 Å². The number of benzene rings is 1. The first kappa shape index (κ1) is 20.1. The Morgan fingerprint density at radius 2 is 1.86 bits per heavy atom. The van der Waals surface area contributed by atoms with Crippen molar-refractivity contribution < 1.29 is 24.5 Å². The number of aliphatic hydroxyl groups excluding tert-OH is 2. The summed E-state index contributed by atoms with van der Waals surface area (Å²) >= 11 is 0. The zero-order valence-corrected chi connectivity index (χ0v) is 16.1. The Hall–Kier alpha value is -2.64. The zero-order chi connectivity index (χ0) is 20.1. The Labute approximate surface area is 164 Å². The maximum absolute atomic E-state index is 12.5. The molecule has 0 saturated heterocycles. The molecule has 0 aliphatic heterocycles. The van der Waals surface area contributed by atoms with Gasteiger partial charge in [0.05, 0.1) is 25.9 Å². The van der Waals surface area contributed by atoms with Gasteiger partial charge >= 0.3 is 0 Å². The van der Waals surface area contributed by atoms with Gasteiger partial charge in [-0.1, -0.05) is 6.07 Å². The molecular weight excluding hydrogens is 360 g/mol. The summed E-state index contributed by atoms with van der Waals surface area (Å²) < 4.78 is 10.9. The van der Waals surface area contributed by atoms with Crippen LogP contribution in [0.4, 0.5) is 0 Å². The topological polar surface area (TPSA) is 101 Å². The van der Waals surface area contributed by atoms with Crippen LogP contribution in [0, 0.1) is 12.3 Å². The summed E-state index contributed by atoms with van der Waals surface area (Å²) in [5.41, 5.74) is 0.772. The van der Waals surface area contributed by atoms with Crippen molar-refractivity contribution in [3.63, 3.8) is 0 Å². The summed E-state index contributed by atoms with van der Waals surface area (Å²) in [4.78, 5) is 16.8. The average Bonchev–Trinajstić information content (AvgIpc) is 2.99. The second kappa shape index (κ2) is 8.58. The molecule has 0 radical (unpaired) electrons. The van der Waals surface area contributed by atoms with Crippen LogP contribution in [0.1, 0.15) is 28.9 Å². The van der Waals surface area contributed by atoms with Gasteiger partial charge in [-0.15, -0.1) is 0 Å². The van der Waals surface area contributed by atoms with Crippen molar-refractivity contribution in [2.75, 3.05) is 20.3 Å². The van der Waals surface area contributed by atoms with Crippen LogP contribution in [0.15, 0.2) is 42.5 Å². The number of rotatable bonds is 7. The molecule has 2 aromatic rings. The lowest BCUT2D eigenvalue weighted by Crippen LogP contribution is -2.40. The predicted molar refractivity (Wildman–Crippen MR) is 103 cm³/mol. The Bertz CT molecular complexity index is 799. The van der Waals surface area contributed by atoms with E-state index in [4.69, 9.17) is 9.47 Å². The third kappa shape index (κ3) is 4.79. The van der Waals surface area contributed by atoms with E-state index in [1.165, 1.54) is 0 Å². The minimum absolute atomic E-state index is 0.230. The van der Waals surface area contributed by atoms with Crippen molar-refractivity contribution in [3.8, 4) is 11.6 Å². The molecule has 150 valence electrons. The van der Waals surface area contributed by atoms with Crippen molar-refractivity contribution in [3.05, 3.63) is 53.7 Å². The normalized spacial score (nSPS) is 24.0. The third-order valence-electron chi connectivity index (χ3n) is 5.09. The average molecular weight is 386 g/mol. The van der Waals surface area contributed by atoms with Crippen molar-refractivity contribution in [1.82, 2.24) is 10.3 Å². The number of aromatic nitrogens is 1. The SMILES string of the molecule is COc1ccc(C(=O)NCC2(COc3cccc(C)n3)CC(O)C(O)C2)cc1. The van der Waals surface area contributed by atoms with Gasteiger partial charge in [0.1, 0.15) is 5.75 Å². The predicted octanol–water partition coefficient (Wildman–Crippen LogP) is 1.71. The summed E-state index contributed by atoms with van der Waals surface area (Å²) in [5.74, 6) is 0.928. The first-order valence-electron chi connectivity index (χ1n) is 9.26.